The molecule has 19 heavy (non-hydrogen) atoms. The zero-order valence-corrected chi connectivity index (χ0v) is 11.9. The molecule has 0 aromatic carbocycles. The summed E-state index contributed by atoms with van der Waals surface area (Å²) < 4.78 is 31.2. The third-order valence-corrected chi connectivity index (χ3v) is 4.59. The van der Waals surface area contributed by atoms with E-state index < -0.39 is 10.0 Å². The molecule has 0 saturated heterocycles. The molecule has 1 fully saturated rings. The number of rotatable bonds is 10. The molecule has 1 heterocycles. The molecule has 0 spiro atoms. The van der Waals surface area contributed by atoms with Gasteiger partial charge in [0.05, 0.1) is 12.0 Å². The van der Waals surface area contributed by atoms with E-state index in [0.29, 0.717) is 25.4 Å². The van der Waals surface area contributed by atoms with Gasteiger partial charge >= 0.3 is 0 Å². The maximum atomic E-state index is 11.7. The van der Waals surface area contributed by atoms with E-state index >= 15 is 0 Å². The molecular weight excluding hydrogens is 264 g/mol. The number of unbranched alkanes of at least 4 members (excludes halogenated alkanes) is 1. The molecule has 6 heteroatoms. The van der Waals surface area contributed by atoms with Crippen LogP contribution >= 0.6 is 0 Å². The third-order valence-electron chi connectivity index (χ3n) is 3.12. The van der Waals surface area contributed by atoms with E-state index in [1.54, 1.807) is 12.3 Å². The quantitative estimate of drug-likeness (QED) is 0.636. The van der Waals surface area contributed by atoms with Crippen molar-refractivity contribution in [3.8, 4) is 0 Å². The van der Waals surface area contributed by atoms with Crippen LogP contribution in [0.1, 0.15) is 31.4 Å². The molecule has 0 amide bonds. The van der Waals surface area contributed by atoms with Crippen molar-refractivity contribution >= 4 is 10.0 Å². The summed E-state index contributed by atoms with van der Waals surface area (Å²) in [6.07, 6.45) is 6.34. The van der Waals surface area contributed by atoms with Crippen molar-refractivity contribution in [1.82, 2.24) is 10.0 Å². The molecular formula is C13H22N2O3S. The second kappa shape index (κ2) is 7.07. The number of nitrogens with one attached hydrogen (secondary N) is 2. The first-order valence-corrected chi connectivity index (χ1v) is 8.54. The first-order valence-electron chi connectivity index (χ1n) is 6.89. The highest BCUT2D eigenvalue weighted by Gasteiger charge is 2.19. The summed E-state index contributed by atoms with van der Waals surface area (Å²) in [4.78, 5) is 0. The molecule has 0 atom stereocenters. The Hall–Kier alpha value is -0.850. The summed E-state index contributed by atoms with van der Waals surface area (Å²) in [6, 6.07) is 4.34. The Balaban J connectivity index is 1.53. The predicted molar refractivity (Wildman–Crippen MR) is 74.5 cm³/mol. The van der Waals surface area contributed by atoms with E-state index in [9.17, 15) is 8.42 Å². The van der Waals surface area contributed by atoms with Gasteiger partial charge in [0.15, 0.2) is 0 Å². The highest BCUT2D eigenvalue weighted by Crippen LogP contribution is 2.18. The van der Waals surface area contributed by atoms with Crippen molar-refractivity contribution in [1.29, 1.82) is 0 Å². The zero-order valence-electron chi connectivity index (χ0n) is 11.1. The monoisotopic (exact) mass is 286 g/mol. The van der Waals surface area contributed by atoms with Gasteiger partial charge in [-0.25, -0.2) is 13.1 Å². The lowest BCUT2D eigenvalue weighted by molar-refractivity contribution is 0.505. The van der Waals surface area contributed by atoms with Gasteiger partial charge in [-0.1, -0.05) is 0 Å². The van der Waals surface area contributed by atoms with E-state index in [1.165, 1.54) is 12.8 Å². The minimum absolute atomic E-state index is 0.206. The summed E-state index contributed by atoms with van der Waals surface area (Å²) in [5, 5.41) is 3.38. The minimum atomic E-state index is -3.14. The van der Waals surface area contributed by atoms with Gasteiger partial charge in [-0.05, 0) is 44.4 Å². The fraction of sp³-hybridized carbons (Fsp3) is 0.692. The van der Waals surface area contributed by atoms with E-state index in [-0.39, 0.29) is 5.75 Å². The van der Waals surface area contributed by atoms with Crippen LogP contribution in [0.15, 0.2) is 22.8 Å². The van der Waals surface area contributed by atoms with Crippen molar-refractivity contribution in [3.05, 3.63) is 24.2 Å². The Morgan fingerprint density at radius 2 is 2.11 bits per heavy atom. The summed E-state index contributed by atoms with van der Waals surface area (Å²) in [7, 11) is -3.14. The van der Waals surface area contributed by atoms with Gasteiger partial charge in [-0.15, -0.1) is 0 Å². The fourth-order valence-corrected chi connectivity index (χ4v) is 3.01. The van der Waals surface area contributed by atoms with Crippen LogP contribution in [0.3, 0.4) is 0 Å². The second-order valence-corrected chi connectivity index (χ2v) is 6.90. The molecule has 0 bridgehead atoms. The van der Waals surface area contributed by atoms with E-state index in [0.717, 1.165) is 18.7 Å². The predicted octanol–water partition coefficient (Wildman–Crippen LogP) is 1.27. The van der Waals surface area contributed by atoms with E-state index in [4.69, 9.17) is 4.42 Å². The summed E-state index contributed by atoms with van der Waals surface area (Å²) in [6.45, 7) is 1.32. The number of sulfonamides is 1. The largest absolute Gasteiger partial charge is 0.469 e. The molecule has 1 aromatic heterocycles. The maximum absolute atomic E-state index is 11.7. The first kappa shape index (κ1) is 14.6. The SMILES string of the molecule is O=S(=O)(CCCCNC1CC1)NCCc1ccco1. The van der Waals surface area contributed by atoms with Crippen LogP contribution in [0.2, 0.25) is 0 Å². The van der Waals surface area contributed by atoms with Crippen LogP contribution in [-0.2, 0) is 16.4 Å². The number of furan rings is 1. The number of hydrogen-bond acceptors (Lipinski definition) is 4. The summed E-state index contributed by atoms with van der Waals surface area (Å²) in [5.74, 6) is 1.01. The smallest absolute Gasteiger partial charge is 0.211 e. The minimum Gasteiger partial charge on any atom is -0.469 e. The van der Waals surface area contributed by atoms with Gasteiger partial charge in [0, 0.05) is 19.0 Å². The molecule has 108 valence electrons. The second-order valence-electron chi connectivity index (χ2n) is 4.98. The van der Waals surface area contributed by atoms with Gasteiger partial charge in [0.25, 0.3) is 0 Å². The lowest BCUT2D eigenvalue weighted by Gasteiger charge is -2.06. The average Bonchev–Trinajstić information content (AvgIpc) is 3.04. The van der Waals surface area contributed by atoms with Crippen LogP contribution in [-0.4, -0.2) is 33.3 Å². The molecule has 0 unspecified atom stereocenters. The van der Waals surface area contributed by atoms with Crippen LogP contribution < -0.4 is 10.0 Å². The average molecular weight is 286 g/mol. The fourth-order valence-electron chi connectivity index (χ4n) is 1.87. The Morgan fingerprint density at radius 3 is 2.79 bits per heavy atom. The van der Waals surface area contributed by atoms with Crippen molar-refractivity contribution < 1.29 is 12.8 Å². The highest BCUT2D eigenvalue weighted by molar-refractivity contribution is 7.89. The molecule has 5 nitrogen and oxygen atoms in total. The molecule has 1 aliphatic rings. The number of hydrogen-bond donors (Lipinski definition) is 2. The molecule has 2 rings (SSSR count). The Labute approximate surface area is 114 Å². The normalized spacial score (nSPS) is 15.8. The van der Waals surface area contributed by atoms with Gasteiger partial charge in [0.1, 0.15) is 5.76 Å². The maximum Gasteiger partial charge on any atom is 0.211 e. The van der Waals surface area contributed by atoms with Gasteiger partial charge in [-0.3, -0.25) is 0 Å². The Bertz CT molecular complexity index is 452. The lowest BCUT2D eigenvalue weighted by Crippen LogP contribution is -2.28. The van der Waals surface area contributed by atoms with Crippen LogP contribution in [0.4, 0.5) is 0 Å². The van der Waals surface area contributed by atoms with Crippen molar-refractivity contribution in [2.45, 2.75) is 38.1 Å². The lowest BCUT2D eigenvalue weighted by atomic mass is 10.3. The van der Waals surface area contributed by atoms with Crippen molar-refractivity contribution in [2.24, 2.45) is 0 Å². The van der Waals surface area contributed by atoms with E-state index in [2.05, 4.69) is 10.0 Å². The van der Waals surface area contributed by atoms with Crippen molar-refractivity contribution in [2.75, 3.05) is 18.8 Å². The van der Waals surface area contributed by atoms with Crippen LogP contribution in [0.25, 0.3) is 0 Å². The van der Waals surface area contributed by atoms with Gasteiger partial charge in [0.2, 0.25) is 10.0 Å². The molecule has 1 aromatic rings. The Morgan fingerprint density at radius 1 is 1.26 bits per heavy atom. The van der Waals surface area contributed by atoms with Crippen molar-refractivity contribution in [3.63, 3.8) is 0 Å². The molecule has 0 radical (unpaired) electrons. The third kappa shape index (κ3) is 6.22. The molecule has 1 saturated carbocycles. The molecule has 2 N–H and O–H groups in total. The van der Waals surface area contributed by atoms with Crippen LogP contribution in [0, 0.1) is 0 Å². The zero-order chi connectivity index (χ0) is 13.6. The molecule has 0 aliphatic heterocycles. The topological polar surface area (TPSA) is 71.3 Å². The highest BCUT2D eigenvalue weighted by atomic mass is 32.2. The standard InChI is InChI=1S/C13H22N2O3S/c16-19(17,11-2-1-8-14-12-5-6-12)15-9-7-13-4-3-10-18-13/h3-4,10,12,14-15H,1-2,5-9,11H2. The first-order chi connectivity index (χ1) is 9.16. The molecule has 1 aliphatic carbocycles. The van der Waals surface area contributed by atoms with Gasteiger partial charge in [-0.2, -0.15) is 0 Å². The Kier molecular flexibility index (Phi) is 5.42. The summed E-state index contributed by atoms with van der Waals surface area (Å²) >= 11 is 0. The van der Waals surface area contributed by atoms with Crippen LogP contribution in [0.5, 0.6) is 0 Å². The van der Waals surface area contributed by atoms with Gasteiger partial charge < -0.3 is 9.73 Å². The summed E-state index contributed by atoms with van der Waals surface area (Å²) in [5.41, 5.74) is 0. The van der Waals surface area contributed by atoms with E-state index in [1.807, 2.05) is 6.07 Å².